The fourth-order valence-electron chi connectivity index (χ4n) is 3.08. The number of benzene rings is 2. The second-order valence-electron chi connectivity index (χ2n) is 7.62. The van der Waals surface area contributed by atoms with Crippen molar-refractivity contribution in [1.29, 1.82) is 0 Å². The number of hydrogen-bond acceptors (Lipinski definition) is 5. The Bertz CT molecular complexity index is 1140. The van der Waals surface area contributed by atoms with Crippen LogP contribution in [0.15, 0.2) is 29.2 Å². The predicted molar refractivity (Wildman–Crippen MR) is 116 cm³/mol. The number of hydrogen-bond donors (Lipinski definition) is 2. The Morgan fingerprint density at radius 1 is 0.969 bits per heavy atom. The van der Waals surface area contributed by atoms with Gasteiger partial charge in [0.05, 0.1) is 10.6 Å². The first kappa shape index (κ1) is 25.4. The molecule has 0 spiro atoms. The van der Waals surface area contributed by atoms with Gasteiger partial charge < -0.3 is 10.1 Å². The van der Waals surface area contributed by atoms with Gasteiger partial charge in [0.1, 0.15) is 17.7 Å². The minimum absolute atomic E-state index is 0.0900. The molecule has 2 N–H and O–H groups in total. The van der Waals surface area contributed by atoms with Crippen LogP contribution < -0.4 is 10.0 Å². The Morgan fingerprint density at radius 2 is 1.53 bits per heavy atom. The summed E-state index contributed by atoms with van der Waals surface area (Å²) in [6.45, 7) is 9.48. The molecule has 7 nitrogen and oxygen atoms in total. The molecule has 10 heteroatoms. The van der Waals surface area contributed by atoms with Crippen molar-refractivity contribution in [1.82, 2.24) is 4.72 Å². The molecular formula is C22H26F2N2O5S. The van der Waals surface area contributed by atoms with Crippen LogP contribution in [0, 0.1) is 39.3 Å². The molecule has 0 fully saturated rings. The van der Waals surface area contributed by atoms with E-state index < -0.39 is 45.7 Å². The quantitative estimate of drug-likeness (QED) is 0.607. The number of amides is 1. The Kier molecular flexibility index (Phi) is 7.74. The third-order valence-corrected chi connectivity index (χ3v) is 6.92. The summed E-state index contributed by atoms with van der Waals surface area (Å²) in [6, 6.07) is 3.18. The smallest absolute Gasteiger partial charge is 0.324 e. The summed E-state index contributed by atoms with van der Waals surface area (Å²) >= 11 is 0. The summed E-state index contributed by atoms with van der Waals surface area (Å²) in [5, 5.41) is 2.19. The average Bonchev–Trinajstić information content (AvgIpc) is 2.68. The summed E-state index contributed by atoms with van der Waals surface area (Å²) in [7, 11) is -4.06. The molecule has 0 unspecified atom stereocenters. The number of ether oxygens (including phenoxy) is 1. The number of nitrogens with one attached hydrogen (secondary N) is 2. The van der Waals surface area contributed by atoms with Crippen LogP contribution in [0.1, 0.15) is 36.1 Å². The van der Waals surface area contributed by atoms with Gasteiger partial charge in [0.25, 0.3) is 5.91 Å². The van der Waals surface area contributed by atoms with Gasteiger partial charge in [-0.05, 0) is 75.9 Å². The zero-order valence-corrected chi connectivity index (χ0v) is 19.5. The number of esters is 1. The lowest BCUT2D eigenvalue weighted by molar-refractivity contribution is -0.154. The van der Waals surface area contributed by atoms with Crippen molar-refractivity contribution in [2.24, 2.45) is 0 Å². The number of aryl methyl sites for hydroxylation is 2. The maximum atomic E-state index is 13.7. The van der Waals surface area contributed by atoms with Crippen LogP contribution in [0.4, 0.5) is 14.5 Å². The van der Waals surface area contributed by atoms with E-state index in [1.54, 1.807) is 27.7 Å². The van der Waals surface area contributed by atoms with Crippen molar-refractivity contribution in [3.05, 3.63) is 58.2 Å². The maximum absolute atomic E-state index is 13.7. The highest BCUT2D eigenvalue weighted by Crippen LogP contribution is 2.26. The molecule has 0 saturated heterocycles. The monoisotopic (exact) mass is 468 g/mol. The number of halogens is 2. The van der Waals surface area contributed by atoms with Crippen LogP contribution in [0.2, 0.25) is 0 Å². The molecule has 1 amide bonds. The number of anilines is 1. The van der Waals surface area contributed by atoms with Gasteiger partial charge >= 0.3 is 5.97 Å². The van der Waals surface area contributed by atoms with Crippen LogP contribution in [0.5, 0.6) is 0 Å². The summed E-state index contributed by atoms with van der Waals surface area (Å²) in [5.41, 5.74) is 2.43. The Balaban J connectivity index is 2.10. The maximum Gasteiger partial charge on any atom is 0.324 e. The average molecular weight is 469 g/mol. The Hall–Kier alpha value is -2.85. The molecule has 0 heterocycles. The van der Waals surface area contributed by atoms with Gasteiger partial charge in [-0.3, -0.25) is 9.59 Å². The summed E-state index contributed by atoms with van der Waals surface area (Å²) in [5.74, 6) is -3.65. The minimum atomic E-state index is -4.06. The Morgan fingerprint density at radius 3 is 2.06 bits per heavy atom. The van der Waals surface area contributed by atoms with E-state index in [0.29, 0.717) is 17.2 Å². The fraction of sp³-hybridized carbons (Fsp3) is 0.364. The third kappa shape index (κ3) is 5.68. The van der Waals surface area contributed by atoms with E-state index in [2.05, 4.69) is 10.0 Å². The zero-order chi connectivity index (χ0) is 24.4. The number of rotatable bonds is 7. The topological polar surface area (TPSA) is 102 Å². The first-order chi connectivity index (χ1) is 14.7. The van der Waals surface area contributed by atoms with E-state index in [0.717, 1.165) is 23.3 Å². The SMILES string of the molecule is Cc1cc(C)c(C)c(S(=O)(=O)N[C@H](C)C(=O)O[C@@H](C)C(=O)Nc2ccc(F)cc2F)c1C. The highest BCUT2D eigenvalue weighted by molar-refractivity contribution is 7.89. The highest BCUT2D eigenvalue weighted by atomic mass is 32.2. The van der Waals surface area contributed by atoms with Gasteiger partial charge in [-0.15, -0.1) is 0 Å². The molecule has 0 bridgehead atoms. The van der Waals surface area contributed by atoms with E-state index in [1.165, 1.54) is 13.8 Å². The first-order valence-electron chi connectivity index (χ1n) is 9.80. The molecule has 174 valence electrons. The van der Waals surface area contributed by atoms with E-state index in [1.807, 2.05) is 6.07 Å². The Labute approximate surface area is 186 Å². The summed E-state index contributed by atoms with van der Waals surface area (Å²) in [6.07, 6.45) is -1.36. The van der Waals surface area contributed by atoms with E-state index in [9.17, 15) is 26.8 Å². The molecule has 2 rings (SSSR count). The fourth-order valence-corrected chi connectivity index (χ4v) is 4.89. The second kappa shape index (κ2) is 9.74. The van der Waals surface area contributed by atoms with Gasteiger partial charge in [0.15, 0.2) is 6.10 Å². The van der Waals surface area contributed by atoms with Gasteiger partial charge in [0.2, 0.25) is 10.0 Å². The molecule has 2 aromatic carbocycles. The standard InChI is InChI=1S/C22H26F2N2O5S/c1-11-9-12(2)14(4)20(13(11)3)32(29,30)26-15(5)22(28)31-16(6)21(27)25-19-8-7-17(23)10-18(19)24/h7-10,15-16,26H,1-6H3,(H,25,27)/t15-,16+/m1/s1. The van der Waals surface area contributed by atoms with E-state index >= 15 is 0 Å². The molecular weight excluding hydrogens is 442 g/mol. The van der Waals surface area contributed by atoms with Gasteiger partial charge in [-0.1, -0.05) is 6.07 Å². The minimum Gasteiger partial charge on any atom is -0.451 e. The van der Waals surface area contributed by atoms with Crippen LogP contribution in [-0.4, -0.2) is 32.4 Å². The van der Waals surface area contributed by atoms with Crippen molar-refractivity contribution >= 4 is 27.6 Å². The summed E-state index contributed by atoms with van der Waals surface area (Å²) < 4.78 is 59.9. The van der Waals surface area contributed by atoms with Gasteiger partial charge in [-0.25, -0.2) is 17.2 Å². The molecule has 2 atom stereocenters. The second-order valence-corrected chi connectivity index (χ2v) is 9.28. The van der Waals surface area contributed by atoms with E-state index in [4.69, 9.17) is 4.74 Å². The molecule has 0 aliphatic rings. The van der Waals surface area contributed by atoms with Crippen molar-refractivity contribution in [2.75, 3.05) is 5.32 Å². The van der Waals surface area contributed by atoms with Crippen molar-refractivity contribution in [2.45, 2.75) is 58.6 Å². The lowest BCUT2D eigenvalue weighted by Gasteiger charge is -2.20. The highest BCUT2D eigenvalue weighted by Gasteiger charge is 2.29. The molecule has 0 aliphatic carbocycles. The van der Waals surface area contributed by atoms with Crippen molar-refractivity contribution < 1.29 is 31.5 Å². The normalized spacial score (nSPS) is 13.4. The lowest BCUT2D eigenvalue weighted by atomic mass is 10.0. The molecule has 32 heavy (non-hydrogen) atoms. The van der Waals surface area contributed by atoms with E-state index in [-0.39, 0.29) is 10.6 Å². The van der Waals surface area contributed by atoms with Gasteiger partial charge in [0, 0.05) is 6.07 Å². The van der Waals surface area contributed by atoms with Crippen molar-refractivity contribution in [3.8, 4) is 0 Å². The third-order valence-electron chi connectivity index (χ3n) is 5.10. The molecule has 0 aliphatic heterocycles. The van der Waals surface area contributed by atoms with Crippen molar-refractivity contribution in [3.63, 3.8) is 0 Å². The van der Waals surface area contributed by atoms with Gasteiger partial charge in [-0.2, -0.15) is 4.72 Å². The van der Waals surface area contributed by atoms with Crippen LogP contribution in [0.3, 0.4) is 0 Å². The van der Waals surface area contributed by atoms with Crippen LogP contribution >= 0.6 is 0 Å². The molecule has 2 aromatic rings. The largest absolute Gasteiger partial charge is 0.451 e. The molecule has 0 saturated carbocycles. The number of carbonyl (C=O) groups excluding carboxylic acids is 2. The first-order valence-corrected chi connectivity index (χ1v) is 11.3. The molecule has 0 aromatic heterocycles. The summed E-state index contributed by atoms with van der Waals surface area (Å²) in [4.78, 5) is 24.7. The van der Waals surface area contributed by atoms with Crippen LogP contribution in [-0.2, 0) is 24.3 Å². The number of sulfonamides is 1. The zero-order valence-electron chi connectivity index (χ0n) is 18.7. The lowest BCUT2D eigenvalue weighted by Crippen LogP contribution is -2.42. The number of carbonyl (C=O) groups is 2. The molecule has 0 radical (unpaired) electrons. The van der Waals surface area contributed by atoms with Crippen LogP contribution in [0.25, 0.3) is 0 Å². The predicted octanol–water partition coefficient (Wildman–Crippen LogP) is 3.44.